The Hall–Kier alpha value is -0.960. The maximum Gasteiger partial charge on any atom is 0.127 e. The summed E-state index contributed by atoms with van der Waals surface area (Å²) in [6.45, 7) is 6.46. The van der Waals surface area contributed by atoms with E-state index in [1.54, 1.807) is 18.9 Å². The molecule has 0 bridgehead atoms. The van der Waals surface area contributed by atoms with Crippen molar-refractivity contribution in [2.24, 2.45) is 5.41 Å². The molecule has 0 aliphatic rings. The molecule has 0 aliphatic heterocycles. The number of carbonyl (C=O) groups is 1. The van der Waals surface area contributed by atoms with Crippen LogP contribution in [0.4, 0.5) is 0 Å². The number of aldehydes is 1. The van der Waals surface area contributed by atoms with Crippen molar-refractivity contribution in [1.29, 1.82) is 0 Å². The SMILES string of the molecule is CCCCC(C=O)(CC)C(C)Sc1ccc(OC)cc1. The monoisotopic (exact) mass is 294 g/mol. The summed E-state index contributed by atoms with van der Waals surface area (Å²) in [6, 6.07) is 8.06. The average Bonchev–Trinajstić information content (AvgIpc) is 2.49. The van der Waals surface area contributed by atoms with Crippen molar-refractivity contribution >= 4 is 18.0 Å². The van der Waals surface area contributed by atoms with Gasteiger partial charge < -0.3 is 9.53 Å². The molecule has 1 rings (SSSR count). The molecular weight excluding hydrogens is 268 g/mol. The van der Waals surface area contributed by atoms with Crippen LogP contribution in [0.25, 0.3) is 0 Å². The molecule has 0 amide bonds. The first kappa shape index (κ1) is 17.1. The number of benzene rings is 1. The zero-order valence-corrected chi connectivity index (χ0v) is 13.8. The fourth-order valence-corrected chi connectivity index (χ4v) is 3.66. The van der Waals surface area contributed by atoms with Crippen LogP contribution in [-0.2, 0) is 4.79 Å². The molecule has 3 heteroatoms. The molecule has 2 atom stereocenters. The quantitative estimate of drug-likeness (QED) is 0.475. The van der Waals surface area contributed by atoms with Gasteiger partial charge in [-0.3, -0.25) is 0 Å². The van der Waals surface area contributed by atoms with Crippen molar-refractivity contribution in [3.63, 3.8) is 0 Å². The summed E-state index contributed by atoms with van der Waals surface area (Å²) < 4.78 is 5.17. The van der Waals surface area contributed by atoms with Gasteiger partial charge in [-0.05, 0) is 37.1 Å². The smallest absolute Gasteiger partial charge is 0.127 e. The predicted molar refractivity (Wildman–Crippen MR) is 86.6 cm³/mol. The van der Waals surface area contributed by atoms with Crippen molar-refractivity contribution < 1.29 is 9.53 Å². The zero-order valence-electron chi connectivity index (χ0n) is 13.0. The van der Waals surface area contributed by atoms with Gasteiger partial charge in [0.15, 0.2) is 0 Å². The molecule has 1 aromatic carbocycles. The molecule has 1 aromatic rings. The molecule has 0 aliphatic carbocycles. The van der Waals surface area contributed by atoms with E-state index in [0.717, 1.165) is 31.4 Å². The van der Waals surface area contributed by atoms with Crippen molar-refractivity contribution in [3.05, 3.63) is 24.3 Å². The van der Waals surface area contributed by atoms with Crippen LogP contribution in [-0.4, -0.2) is 18.6 Å². The molecule has 2 unspecified atom stereocenters. The van der Waals surface area contributed by atoms with Crippen LogP contribution in [0.3, 0.4) is 0 Å². The highest BCUT2D eigenvalue weighted by Gasteiger charge is 2.34. The van der Waals surface area contributed by atoms with Gasteiger partial charge in [0.25, 0.3) is 0 Å². The number of methoxy groups -OCH3 is 1. The third-order valence-electron chi connectivity index (χ3n) is 4.07. The third-order valence-corrected chi connectivity index (χ3v) is 5.44. The minimum Gasteiger partial charge on any atom is -0.497 e. The number of hydrogen-bond acceptors (Lipinski definition) is 3. The molecule has 20 heavy (non-hydrogen) atoms. The molecule has 112 valence electrons. The summed E-state index contributed by atoms with van der Waals surface area (Å²) >= 11 is 1.78. The molecule has 0 aromatic heterocycles. The van der Waals surface area contributed by atoms with Gasteiger partial charge in [0.2, 0.25) is 0 Å². The van der Waals surface area contributed by atoms with Crippen molar-refractivity contribution in [2.75, 3.05) is 7.11 Å². The van der Waals surface area contributed by atoms with Crippen LogP contribution >= 0.6 is 11.8 Å². The summed E-state index contributed by atoms with van der Waals surface area (Å²) in [4.78, 5) is 12.9. The summed E-state index contributed by atoms with van der Waals surface area (Å²) in [7, 11) is 1.67. The number of thioether (sulfide) groups is 1. The Bertz CT molecular complexity index is 402. The Balaban J connectivity index is 2.78. The van der Waals surface area contributed by atoms with Crippen LogP contribution in [0, 0.1) is 5.41 Å². The van der Waals surface area contributed by atoms with E-state index >= 15 is 0 Å². The van der Waals surface area contributed by atoms with E-state index in [-0.39, 0.29) is 10.7 Å². The highest BCUT2D eigenvalue weighted by atomic mass is 32.2. The first-order valence-electron chi connectivity index (χ1n) is 7.39. The van der Waals surface area contributed by atoms with E-state index in [1.165, 1.54) is 11.2 Å². The number of rotatable bonds is 9. The lowest BCUT2D eigenvalue weighted by Crippen LogP contribution is -2.32. The Kier molecular flexibility index (Phi) is 7.14. The van der Waals surface area contributed by atoms with E-state index < -0.39 is 0 Å². The zero-order chi connectivity index (χ0) is 15.0. The molecule has 0 radical (unpaired) electrons. The summed E-state index contributed by atoms with van der Waals surface area (Å²) in [5.41, 5.74) is -0.208. The van der Waals surface area contributed by atoms with Crippen molar-refractivity contribution in [3.8, 4) is 5.75 Å². The minimum atomic E-state index is -0.208. The fourth-order valence-electron chi connectivity index (χ4n) is 2.39. The van der Waals surface area contributed by atoms with Crippen LogP contribution in [0.15, 0.2) is 29.2 Å². The molecular formula is C17H26O2S. The normalized spacial score (nSPS) is 15.4. The molecule has 0 N–H and O–H groups in total. The predicted octanol–water partition coefficient (Wildman–Crippen LogP) is 4.96. The highest BCUT2D eigenvalue weighted by molar-refractivity contribution is 8.00. The van der Waals surface area contributed by atoms with Crippen LogP contribution in [0.1, 0.15) is 46.5 Å². The molecule has 2 nitrogen and oxygen atoms in total. The second kappa shape index (κ2) is 8.35. The van der Waals surface area contributed by atoms with Crippen LogP contribution < -0.4 is 4.74 Å². The average molecular weight is 294 g/mol. The van der Waals surface area contributed by atoms with E-state index in [1.807, 2.05) is 12.1 Å². The first-order valence-corrected chi connectivity index (χ1v) is 8.26. The number of unbranched alkanes of at least 4 members (excludes halogenated alkanes) is 1. The summed E-state index contributed by atoms with van der Waals surface area (Å²) in [5.74, 6) is 0.866. The van der Waals surface area contributed by atoms with Gasteiger partial charge in [-0.25, -0.2) is 0 Å². The van der Waals surface area contributed by atoms with Gasteiger partial charge >= 0.3 is 0 Å². The van der Waals surface area contributed by atoms with Gasteiger partial charge in [0.1, 0.15) is 12.0 Å². The maximum absolute atomic E-state index is 11.7. The minimum absolute atomic E-state index is 0.208. The van der Waals surface area contributed by atoms with Crippen LogP contribution in [0.5, 0.6) is 5.75 Å². The lowest BCUT2D eigenvalue weighted by molar-refractivity contribution is -0.116. The van der Waals surface area contributed by atoms with Gasteiger partial charge in [-0.2, -0.15) is 0 Å². The molecule has 0 heterocycles. The van der Waals surface area contributed by atoms with Crippen molar-refractivity contribution in [2.45, 2.75) is 56.6 Å². The Morgan fingerprint density at radius 3 is 2.40 bits per heavy atom. The molecule has 0 saturated carbocycles. The third kappa shape index (κ3) is 4.27. The number of carbonyl (C=O) groups excluding carboxylic acids is 1. The van der Waals surface area contributed by atoms with Crippen LogP contribution in [0.2, 0.25) is 0 Å². The molecule has 0 fully saturated rings. The lowest BCUT2D eigenvalue weighted by Gasteiger charge is -2.33. The number of ether oxygens (including phenoxy) is 1. The van der Waals surface area contributed by atoms with Gasteiger partial charge in [-0.15, -0.1) is 11.8 Å². The van der Waals surface area contributed by atoms with Gasteiger partial charge in [0.05, 0.1) is 7.11 Å². The van der Waals surface area contributed by atoms with E-state index in [2.05, 4.69) is 32.9 Å². The molecule has 0 spiro atoms. The summed E-state index contributed by atoms with van der Waals surface area (Å²) in [6.07, 6.45) is 5.31. The van der Waals surface area contributed by atoms with Crippen molar-refractivity contribution in [1.82, 2.24) is 0 Å². The van der Waals surface area contributed by atoms with E-state index in [0.29, 0.717) is 0 Å². The second-order valence-electron chi connectivity index (χ2n) is 5.24. The number of hydrogen-bond donors (Lipinski definition) is 0. The summed E-state index contributed by atoms with van der Waals surface area (Å²) in [5, 5.41) is 0.282. The maximum atomic E-state index is 11.7. The fraction of sp³-hybridized carbons (Fsp3) is 0.588. The Morgan fingerprint density at radius 1 is 1.30 bits per heavy atom. The van der Waals surface area contributed by atoms with Gasteiger partial charge in [0, 0.05) is 15.6 Å². The molecule has 0 saturated heterocycles. The Labute approximate surface area is 127 Å². The van der Waals surface area contributed by atoms with E-state index in [4.69, 9.17) is 4.74 Å². The van der Waals surface area contributed by atoms with Gasteiger partial charge in [-0.1, -0.05) is 33.6 Å². The standard InChI is InChI=1S/C17H26O2S/c1-5-7-12-17(6-2,13-18)14(3)20-16-10-8-15(19-4)9-11-16/h8-11,13-14H,5-7,12H2,1-4H3. The second-order valence-corrected chi connectivity index (χ2v) is 6.66. The highest BCUT2D eigenvalue weighted by Crippen LogP contribution is 2.40. The lowest BCUT2D eigenvalue weighted by atomic mass is 9.79. The topological polar surface area (TPSA) is 26.3 Å². The first-order chi connectivity index (χ1) is 9.61. The Morgan fingerprint density at radius 2 is 1.95 bits per heavy atom. The van der Waals surface area contributed by atoms with E-state index in [9.17, 15) is 4.79 Å². The largest absolute Gasteiger partial charge is 0.497 e.